The molecule has 0 aliphatic carbocycles. The van der Waals surface area contributed by atoms with E-state index in [1.54, 1.807) is 24.4 Å². The summed E-state index contributed by atoms with van der Waals surface area (Å²) in [5.41, 5.74) is 1.04. The average molecular weight is 328 g/mol. The lowest BCUT2D eigenvalue weighted by Gasteiger charge is -2.30. The molecule has 1 aliphatic rings. The summed E-state index contributed by atoms with van der Waals surface area (Å²) < 4.78 is 13.2. The Labute approximate surface area is 140 Å². The first-order valence-electron chi connectivity index (χ1n) is 8.22. The van der Waals surface area contributed by atoms with Gasteiger partial charge in [-0.25, -0.2) is 14.4 Å². The lowest BCUT2D eigenvalue weighted by atomic mass is 10.00. The fourth-order valence-corrected chi connectivity index (χ4v) is 2.76. The smallest absolute Gasteiger partial charge is 0.270 e. The Kier molecular flexibility index (Phi) is 5.03. The van der Waals surface area contributed by atoms with Crippen LogP contribution in [0.25, 0.3) is 0 Å². The highest BCUT2D eigenvalue weighted by Gasteiger charge is 2.19. The van der Waals surface area contributed by atoms with Gasteiger partial charge in [0.15, 0.2) is 0 Å². The maximum absolute atomic E-state index is 13.2. The van der Waals surface area contributed by atoms with Crippen molar-refractivity contribution in [3.05, 3.63) is 53.6 Å². The zero-order chi connectivity index (χ0) is 16.9. The third-order valence-electron chi connectivity index (χ3n) is 4.28. The summed E-state index contributed by atoms with van der Waals surface area (Å²) in [4.78, 5) is 23.1. The molecule has 3 rings (SSSR count). The van der Waals surface area contributed by atoms with Crippen LogP contribution < -0.4 is 10.2 Å². The number of rotatable bonds is 4. The van der Waals surface area contributed by atoms with Gasteiger partial charge in [0.05, 0.1) is 0 Å². The summed E-state index contributed by atoms with van der Waals surface area (Å²) in [6.07, 6.45) is 3.83. The van der Waals surface area contributed by atoms with E-state index in [2.05, 4.69) is 27.1 Å². The first-order chi connectivity index (χ1) is 11.6. The van der Waals surface area contributed by atoms with Crippen LogP contribution in [0.15, 0.2) is 36.5 Å². The van der Waals surface area contributed by atoms with E-state index in [0.717, 1.165) is 31.8 Å². The number of aromatic nitrogens is 2. The van der Waals surface area contributed by atoms with Gasteiger partial charge in [-0.1, -0.05) is 19.1 Å². The van der Waals surface area contributed by atoms with Crippen molar-refractivity contribution in [2.45, 2.75) is 26.3 Å². The van der Waals surface area contributed by atoms with E-state index in [1.165, 1.54) is 12.1 Å². The topological polar surface area (TPSA) is 58.1 Å². The quantitative estimate of drug-likeness (QED) is 0.937. The number of nitrogens with one attached hydrogen (secondary N) is 1. The van der Waals surface area contributed by atoms with Gasteiger partial charge in [-0.15, -0.1) is 0 Å². The van der Waals surface area contributed by atoms with Crippen LogP contribution in [0.5, 0.6) is 0 Å². The van der Waals surface area contributed by atoms with Gasteiger partial charge in [0.2, 0.25) is 5.95 Å². The second-order valence-corrected chi connectivity index (χ2v) is 6.22. The summed E-state index contributed by atoms with van der Waals surface area (Å²) in [5.74, 6) is 0.720. The van der Waals surface area contributed by atoms with E-state index >= 15 is 0 Å². The van der Waals surface area contributed by atoms with Crippen LogP contribution in [0.4, 0.5) is 10.3 Å². The standard InChI is InChI=1S/C18H21FN4O/c1-13-6-9-23(10-7-13)18-20-8-5-16(22-18)17(24)21-12-14-3-2-4-15(19)11-14/h2-5,8,11,13H,6-7,9-10,12H2,1H3,(H,21,24). The maximum atomic E-state index is 13.2. The van der Waals surface area contributed by atoms with E-state index < -0.39 is 0 Å². The first-order valence-corrected chi connectivity index (χ1v) is 8.22. The Morgan fingerprint density at radius 3 is 2.88 bits per heavy atom. The molecule has 1 aromatic carbocycles. The van der Waals surface area contributed by atoms with Crippen LogP contribution in [0.3, 0.4) is 0 Å². The molecular weight excluding hydrogens is 307 g/mol. The van der Waals surface area contributed by atoms with Crippen molar-refractivity contribution in [3.8, 4) is 0 Å². The van der Waals surface area contributed by atoms with Gasteiger partial charge in [0.1, 0.15) is 11.5 Å². The largest absolute Gasteiger partial charge is 0.347 e. The molecular formula is C18H21FN4O. The molecule has 0 bridgehead atoms. The summed E-state index contributed by atoms with van der Waals surface area (Å²) >= 11 is 0. The summed E-state index contributed by atoms with van der Waals surface area (Å²) in [6.45, 7) is 4.33. The highest BCUT2D eigenvalue weighted by atomic mass is 19.1. The molecule has 6 heteroatoms. The van der Waals surface area contributed by atoms with Gasteiger partial charge >= 0.3 is 0 Å². The second kappa shape index (κ2) is 7.38. The normalized spacial score (nSPS) is 15.3. The zero-order valence-electron chi connectivity index (χ0n) is 13.7. The third-order valence-corrected chi connectivity index (χ3v) is 4.28. The predicted molar refractivity (Wildman–Crippen MR) is 90.2 cm³/mol. The van der Waals surface area contributed by atoms with Crippen molar-refractivity contribution in [2.75, 3.05) is 18.0 Å². The van der Waals surface area contributed by atoms with Gasteiger partial charge in [-0.2, -0.15) is 0 Å². The number of halogens is 1. The van der Waals surface area contributed by atoms with Crippen molar-refractivity contribution in [1.29, 1.82) is 0 Å². The Balaban J connectivity index is 1.63. The Bertz CT molecular complexity index is 714. The van der Waals surface area contributed by atoms with Crippen LogP contribution in [0.2, 0.25) is 0 Å². The number of anilines is 1. The number of amides is 1. The molecule has 0 radical (unpaired) electrons. The Morgan fingerprint density at radius 1 is 1.33 bits per heavy atom. The number of hydrogen-bond donors (Lipinski definition) is 1. The van der Waals surface area contributed by atoms with Crippen LogP contribution in [0, 0.1) is 11.7 Å². The molecule has 5 nitrogen and oxygen atoms in total. The molecule has 0 atom stereocenters. The van der Waals surface area contributed by atoms with Crippen molar-refractivity contribution < 1.29 is 9.18 Å². The van der Waals surface area contributed by atoms with Gasteiger partial charge in [-0.05, 0) is 42.5 Å². The maximum Gasteiger partial charge on any atom is 0.270 e. The molecule has 0 saturated carbocycles. The number of benzene rings is 1. The molecule has 126 valence electrons. The summed E-state index contributed by atoms with van der Waals surface area (Å²) in [7, 11) is 0. The fraction of sp³-hybridized carbons (Fsp3) is 0.389. The van der Waals surface area contributed by atoms with Gasteiger partial charge < -0.3 is 10.2 Å². The number of hydrogen-bond acceptors (Lipinski definition) is 4. The number of piperidine rings is 1. The second-order valence-electron chi connectivity index (χ2n) is 6.22. The monoisotopic (exact) mass is 328 g/mol. The highest BCUT2D eigenvalue weighted by Crippen LogP contribution is 2.19. The molecule has 1 aromatic heterocycles. The van der Waals surface area contributed by atoms with E-state index in [-0.39, 0.29) is 18.3 Å². The Hall–Kier alpha value is -2.50. The fourth-order valence-electron chi connectivity index (χ4n) is 2.76. The molecule has 24 heavy (non-hydrogen) atoms. The average Bonchev–Trinajstić information content (AvgIpc) is 2.60. The molecule has 0 spiro atoms. The van der Waals surface area contributed by atoms with Gasteiger partial charge in [0, 0.05) is 25.8 Å². The van der Waals surface area contributed by atoms with Gasteiger partial charge in [-0.3, -0.25) is 4.79 Å². The first kappa shape index (κ1) is 16.4. The lowest BCUT2D eigenvalue weighted by molar-refractivity contribution is 0.0945. The van der Waals surface area contributed by atoms with Crippen molar-refractivity contribution >= 4 is 11.9 Å². The Morgan fingerprint density at radius 2 is 2.12 bits per heavy atom. The molecule has 1 saturated heterocycles. The van der Waals surface area contributed by atoms with Crippen LogP contribution in [-0.4, -0.2) is 29.0 Å². The molecule has 1 amide bonds. The molecule has 0 unspecified atom stereocenters. The number of carbonyl (C=O) groups excluding carboxylic acids is 1. The third kappa shape index (κ3) is 4.07. The minimum atomic E-state index is -0.314. The molecule has 1 N–H and O–H groups in total. The summed E-state index contributed by atoms with van der Waals surface area (Å²) in [6, 6.07) is 7.76. The molecule has 1 aliphatic heterocycles. The highest BCUT2D eigenvalue weighted by molar-refractivity contribution is 5.92. The van der Waals surface area contributed by atoms with E-state index in [9.17, 15) is 9.18 Å². The molecule has 1 fully saturated rings. The lowest BCUT2D eigenvalue weighted by Crippen LogP contribution is -2.34. The summed E-state index contributed by atoms with van der Waals surface area (Å²) in [5, 5.41) is 2.77. The van der Waals surface area contributed by atoms with Crippen LogP contribution in [-0.2, 0) is 6.54 Å². The van der Waals surface area contributed by atoms with Gasteiger partial charge in [0.25, 0.3) is 5.91 Å². The van der Waals surface area contributed by atoms with Crippen molar-refractivity contribution in [3.63, 3.8) is 0 Å². The van der Waals surface area contributed by atoms with E-state index in [4.69, 9.17) is 0 Å². The molecule has 2 aromatic rings. The minimum Gasteiger partial charge on any atom is -0.347 e. The number of nitrogens with zero attached hydrogens (tertiary/aromatic N) is 3. The number of carbonyl (C=O) groups is 1. The van der Waals surface area contributed by atoms with Crippen molar-refractivity contribution in [1.82, 2.24) is 15.3 Å². The van der Waals surface area contributed by atoms with Crippen molar-refractivity contribution in [2.24, 2.45) is 5.92 Å². The predicted octanol–water partition coefficient (Wildman–Crippen LogP) is 2.78. The molecule has 2 heterocycles. The minimum absolute atomic E-state index is 0.261. The zero-order valence-corrected chi connectivity index (χ0v) is 13.7. The van der Waals surface area contributed by atoms with Crippen LogP contribution in [0.1, 0.15) is 35.8 Å². The SMILES string of the molecule is CC1CCN(c2nccc(C(=O)NCc3cccc(F)c3)n2)CC1. The van der Waals surface area contributed by atoms with E-state index in [1.807, 2.05) is 0 Å². The van der Waals surface area contributed by atoms with E-state index in [0.29, 0.717) is 17.2 Å². The van der Waals surface area contributed by atoms with Crippen LogP contribution >= 0.6 is 0 Å².